The molecule has 1 unspecified atom stereocenters. The van der Waals surface area contributed by atoms with Gasteiger partial charge in [-0.1, -0.05) is 0 Å². The van der Waals surface area contributed by atoms with E-state index in [9.17, 15) is 9.59 Å². The van der Waals surface area contributed by atoms with Gasteiger partial charge in [-0.25, -0.2) is 9.59 Å². The monoisotopic (exact) mass is 278 g/mol. The summed E-state index contributed by atoms with van der Waals surface area (Å²) in [7, 11) is 0. The van der Waals surface area contributed by atoms with Crippen LogP contribution < -0.4 is 0 Å². The van der Waals surface area contributed by atoms with Crippen LogP contribution >= 0.6 is 0 Å². The van der Waals surface area contributed by atoms with Gasteiger partial charge in [0, 0.05) is 6.61 Å². The minimum absolute atomic E-state index is 0.0118. The molecule has 20 heavy (non-hydrogen) atoms. The van der Waals surface area contributed by atoms with Crippen molar-refractivity contribution in [1.29, 1.82) is 0 Å². The Morgan fingerprint density at radius 3 is 2.25 bits per heavy atom. The van der Waals surface area contributed by atoms with Gasteiger partial charge in [-0.15, -0.1) is 0 Å². The van der Waals surface area contributed by atoms with Crippen molar-refractivity contribution in [3.63, 3.8) is 0 Å². The molecule has 0 bridgehead atoms. The average molecular weight is 278 g/mol. The van der Waals surface area contributed by atoms with Crippen LogP contribution in [0.2, 0.25) is 0 Å². The smallest absolute Gasteiger partial charge is 0.338 e. The van der Waals surface area contributed by atoms with E-state index < -0.39 is 11.9 Å². The highest BCUT2D eigenvalue weighted by Gasteiger charge is 2.18. The summed E-state index contributed by atoms with van der Waals surface area (Å²) < 4.78 is 15.4. The van der Waals surface area contributed by atoms with Crippen LogP contribution in [0, 0.1) is 0 Å². The van der Waals surface area contributed by atoms with Crippen LogP contribution in [0.1, 0.15) is 40.5 Å². The number of benzene rings is 1. The molecule has 0 radical (unpaired) electrons. The normalized spacial score (nSPS) is 17.8. The zero-order valence-electron chi connectivity index (χ0n) is 11.5. The molecule has 1 aliphatic heterocycles. The topological polar surface area (TPSA) is 61.8 Å². The number of rotatable bonds is 5. The molecule has 1 aromatic rings. The summed E-state index contributed by atoms with van der Waals surface area (Å²) in [4.78, 5) is 23.3. The summed E-state index contributed by atoms with van der Waals surface area (Å²) in [6, 6.07) is 6.23. The second-order valence-corrected chi connectivity index (χ2v) is 4.53. The maximum Gasteiger partial charge on any atom is 0.338 e. The first kappa shape index (κ1) is 14.5. The van der Waals surface area contributed by atoms with E-state index in [4.69, 9.17) is 14.2 Å². The minimum Gasteiger partial charge on any atom is -0.462 e. The first-order chi connectivity index (χ1) is 9.70. The van der Waals surface area contributed by atoms with Gasteiger partial charge in [0.15, 0.2) is 0 Å². The first-order valence-electron chi connectivity index (χ1n) is 6.76. The number of hydrogen-bond donors (Lipinski definition) is 0. The summed E-state index contributed by atoms with van der Waals surface area (Å²) in [6.07, 6.45) is 1.95. The molecule has 2 rings (SSSR count). The largest absolute Gasteiger partial charge is 0.462 e. The molecule has 0 aliphatic carbocycles. The Kier molecular flexibility index (Phi) is 5.12. The number of ether oxygens (including phenoxy) is 3. The van der Waals surface area contributed by atoms with E-state index >= 15 is 0 Å². The van der Waals surface area contributed by atoms with Gasteiger partial charge in [-0.3, -0.25) is 0 Å². The van der Waals surface area contributed by atoms with Gasteiger partial charge in [0.25, 0.3) is 0 Å². The Bertz CT molecular complexity index is 460. The second kappa shape index (κ2) is 7.05. The fraction of sp³-hybridized carbons (Fsp3) is 0.467. The zero-order chi connectivity index (χ0) is 14.4. The Balaban J connectivity index is 1.88. The lowest BCUT2D eigenvalue weighted by Gasteiger charge is -2.10. The molecule has 1 aliphatic rings. The second-order valence-electron chi connectivity index (χ2n) is 4.53. The molecule has 5 heteroatoms. The Morgan fingerprint density at radius 2 is 1.75 bits per heavy atom. The number of carbonyl (C=O) groups is 2. The highest BCUT2D eigenvalue weighted by Crippen LogP contribution is 2.13. The lowest BCUT2D eigenvalue weighted by atomic mass is 10.1. The highest BCUT2D eigenvalue weighted by molar-refractivity contribution is 5.93. The molecule has 0 amide bonds. The van der Waals surface area contributed by atoms with Gasteiger partial charge in [0.05, 0.1) is 23.8 Å². The molecule has 1 fully saturated rings. The van der Waals surface area contributed by atoms with Gasteiger partial charge < -0.3 is 14.2 Å². The molecule has 0 aromatic heterocycles. The van der Waals surface area contributed by atoms with Crippen molar-refractivity contribution in [2.24, 2.45) is 0 Å². The van der Waals surface area contributed by atoms with Gasteiger partial charge in [-0.2, -0.15) is 0 Å². The van der Waals surface area contributed by atoms with E-state index in [1.807, 2.05) is 0 Å². The summed E-state index contributed by atoms with van der Waals surface area (Å²) in [6.45, 7) is 3.08. The minimum atomic E-state index is -0.407. The molecule has 0 N–H and O–H groups in total. The summed E-state index contributed by atoms with van der Waals surface area (Å²) >= 11 is 0. The van der Waals surface area contributed by atoms with E-state index in [1.54, 1.807) is 31.2 Å². The maximum absolute atomic E-state index is 11.8. The third-order valence-corrected chi connectivity index (χ3v) is 3.06. The fourth-order valence-electron chi connectivity index (χ4n) is 1.98. The van der Waals surface area contributed by atoms with Crippen LogP contribution in [0.5, 0.6) is 0 Å². The van der Waals surface area contributed by atoms with E-state index in [-0.39, 0.29) is 12.7 Å². The maximum atomic E-state index is 11.8. The van der Waals surface area contributed by atoms with Gasteiger partial charge in [0.1, 0.15) is 6.61 Å². The summed E-state index contributed by atoms with van der Waals surface area (Å²) in [5.41, 5.74) is 0.832. The molecule has 1 saturated heterocycles. The van der Waals surface area contributed by atoms with Crippen molar-refractivity contribution < 1.29 is 23.8 Å². The third-order valence-electron chi connectivity index (χ3n) is 3.06. The highest BCUT2D eigenvalue weighted by atomic mass is 16.6. The molecule has 0 saturated carbocycles. The van der Waals surface area contributed by atoms with Crippen molar-refractivity contribution in [2.45, 2.75) is 25.9 Å². The predicted octanol–water partition coefficient (Wildman–Crippen LogP) is 2.20. The van der Waals surface area contributed by atoms with Gasteiger partial charge in [-0.05, 0) is 44.0 Å². The molecule has 1 heterocycles. The van der Waals surface area contributed by atoms with Crippen LogP contribution in [-0.4, -0.2) is 37.9 Å². The van der Waals surface area contributed by atoms with E-state index in [2.05, 4.69) is 0 Å². The SMILES string of the molecule is CCOC(=O)c1ccc(C(=O)OCC2CCCO2)cc1. The molecule has 0 spiro atoms. The Hall–Kier alpha value is -1.88. The van der Waals surface area contributed by atoms with Crippen LogP contribution in [0.3, 0.4) is 0 Å². The van der Waals surface area contributed by atoms with E-state index in [0.717, 1.165) is 19.4 Å². The lowest BCUT2D eigenvalue weighted by molar-refractivity contribution is 0.0161. The van der Waals surface area contributed by atoms with Crippen molar-refractivity contribution in [3.8, 4) is 0 Å². The quantitative estimate of drug-likeness (QED) is 0.773. The van der Waals surface area contributed by atoms with Crippen LogP contribution in [0.4, 0.5) is 0 Å². The number of hydrogen-bond acceptors (Lipinski definition) is 5. The standard InChI is InChI=1S/C15H18O5/c1-2-18-14(16)11-5-7-12(8-6-11)15(17)20-10-13-4-3-9-19-13/h5-8,13H,2-4,9-10H2,1H3. The van der Waals surface area contributed by atoms with Crippen molar-refractivity contribution in [3.05, 3.63) is 35.4 Å². The Morgan fingerprint density at radius 1 is 1.15 bits per heavy atom. The molecule has 5 nitrogen and oxygen atoms in total. The fourth-order valence-corrected chi connectivity index (χ4v) is 1.98. The van der Waals surface area contributed by atoms with Gasteiger partial charge in [0.2, 0.25) is 0 Å². The first-order valence-corrected chi connectivity index (χ1v) is 6.76. The zero-order valence-corrected chi connectivity index (χ0v) is 11.5. The van der Waals surface area contributed by atoms with Crippen LogP contribution in [0.15, 0.2) is 24.3 Å². The molecular weight excluding hydrogens is 260 g/mol. The van der Waals surface area contributed by atoms with Crippen LogP contribution in [0.25, 0.3) is 0 Å². The molecular formula is C15H18O5. The number of esters is 2. The molecule has 1 aromatic carbocycles. The van der Waals surface area contributed by atoms with Crippen LogP contribution in [-0.2, 0) is 14.2 Å². The van der Waals surface area contributed by atoms with Crippen molar-refractivity contribution in [2.75, 3.05) is 19.8 Å². The average Bonchev–Trinajstić information content (AvgIpc) is 2.98. The number of carbonyl (C=O) groups excluding carboxylic acids is 2. The Labute approximate surface area is 117 Å². The summed E-state index contributed by atoms with van der Waals surface area (Å²) in [5, 5.41) is 0. The van der Waals surface area contributed by atoms with E-state index in [0.29, 0.717) is 17.7 Å². The van der Waals surface area contributed by atoms with Crippen molar-refractivity contribution in [1.82, 2.24) is 0 Å². The summed E-state index contributed by atoms with van der Waals surface area (Å²) in [5.74, 6) is -0.803. The van der Waals surface area contributed by atoms with Gasteiger partial charge >= 0.3 is 11.9 Å². The van der Waals surface area contributed by atoms with E-state index in [1.165, 1.54) is 0 Å². The lowest BCUT2D eigenvalue weighted by Crippen LogP contribution is -2.18. The molecule has 108 valence electrons. The molecule has 1 atom stereocenters. The third kappa shape index (κ3) is 3.81. The van der Waals surface area contributed by atoms with Crippen molar-refractivity contribution >= 4 is 11.9 Å². The predicted molar refractivity (Wildman–Crippen MR) is 71.7 cm³/mol.